The summed E-state index contributed by atoms with van der Waals surface area (Å²) >= 11 is 0. The first-order chi connectivity index (χ1) is 8.08. The van der Waals surface area contributed by atoms with Gasteiger partial charge in [-0.3, -0.25) is 4.79 Å². The Morgan fingerprint density at radius 1 is 1.06 bits per heavy atom. The molecule has 0 rings (SSSR count). The highest BCUT2D eigenvalue weighted by molar-refractivity contribution is 5.78. The summed E-state index contributed by atoms with van der Waals surface area (Å²) < 4.78 is 0. The minimum atomic E-state index is 0.196. The predicted octanol–water partition coefficient (Wildman–Crippen LogP) is 1.17. The van der Waals surface area contributed by atoms with Gasteiger partial charge in [-0.05, 0) is 33.9 Å². The maximum Gasteiger partial charge on any atom is 0.236 e. The van der Waals surface area contributed by atoms with Crippen LogP contribution < -0.4 is 5.32 Å². The second-order valence-electron chi connectivity index (χ2n) is 4.33. The van der Waals surface area contributed by atoms with Crippen molar-refractivity contribution in [2.75, 3.05) is 39.3 Å². The van der Waals surface area contributed by atoms with Gasteiger partial charge in [-0.2, -0.15) is 0 Å². The summed E-state index contributed by atoms with van der Waals surface area (Å²) in [6.45, 7) is 15.6. The second-order valence-corrected chi connectivity index (χ2v) is 4.33. The zero-order valence-electron chi connectivity index (χ0n) is 12.1. The molecule has 0 aliphatic heterocycles. The molecule has 102 valence electrons. The highest BCUT2D eigenvalue weighted by atomic mass is 16.2. The van der Waals surface area contributed by atoms with E-state index in [0.29, 0.717) is 12.6 Å². The van der Waals surface area contributed by atoms with Crippen LogP contribution in [0.4, 0.5) is 0 Å². The molecule has 0 fully saturated rings. The summed E-state index contributed by atoms with van der Waals surface area (Å²) in [5, 5.41) is 3.30. The SMILES string of the molecule is CCN(CC)CC(C)NCC(=O)N(CC)CC. The molecule has 0 saturated heterocycles. The fourth-order valence-corrected chi connectivity index (χ4v) is 1.88. The van der Waals surface area contributed by atoms with Crippen molar-refractivity contribution >= 4 is 5.91 Å². The first-order valence-corrected chi connectivity index (χ1v) is 6.82. The summed E-state index contributed by atoms with van der Waals surface area (Å²) in [6, 6.07) is 0.356. The van der Waals surface area contributed by atoms with Crippen molar-refractivity contribution in [2.45, 2.75) is 40.7 Å². The molecule has 0 aromatic rings. The normalized spacial score (nSPS) is 12.8. The van der Waals surface area contributed by atoms with Crippen LogP contribution in [0.2, 0.25) is 0 Å². The number of hydrogen-bond acceptors (Lipinski definition) is 3. The summed E-state index contributed by atoms with van der Waals surface area (Å²) in [6.07, 6.45) is 0. The molecule has 0 heterocycles. The van der Waals surface area contributed by atoms with Crippen LogP contribution in [0.3, 0.4) is 0 Å². The highest BCUT2D eigenvalue weighted by Gasteiger charge is 2.12. The maximum absolute atomic E-state index is 11.8. The molecule has 4 heteroatoms. The van der Waals surface area contributed by atoms with Crippen molar-refractivity contribution in [2.24, 2.45) is 0 Å². The van der Waals surface area contributed by atoms with E-state index < -0.39 is 0 Å². The minimum absolute atomic E-state index is 0.196. The van der Waals surface area contributed by atoms with Crippen molar-refractivity contribution in [3.63, 3.8) is 0 Å². The molecule has 1 amide bonds. The molecule has 4 nitrogen and oxygen atoms in total. The molecule has 0 aromatic carbocycles. The third kappa shape index (κ3) is 6.64. The molecule has 0 spiro atoms. The monoisotopic (exact) mass is 243 g/mol. The standard InChI is InChI=1S/C13H29N3O/c1-6-15(7-2)11-12(5)14-10-13(17)16(8-3)9-4/h12,14H,6-11H2,1-5H3. The van der Waals surface area contributed by atoms with Gasteiger partial charge in [0.1, 0.15) is 0 Å². The van der Waals surface area contributed by atoms with Crippen LogP contribution in [-0.4, -0.2) is 61.0 Å². The van der Waals surface area contributed by atoms with Crippen LogP contribution in [0, 0.1) is 0 Å². The largest absolute Gasteiger partial charge is 0.342 e. The molecular formula is C13H29N3O. The number of hydrogen-bond donors (Lipinski definition) is 1. The van der Waals surface area contributed by atoms with Crippen LogP contribution in [0.5, 0.6) is 0 Å². The van der Waals surface area contributed by atoms with Gasteiger partial charge in [0.15, 0.2) is 0 Å². The lowest BCUT2D eigenvalue weighted by Crippen LogP contribution is -2.44. The Hall–Kier alpha value is -0.610. The van der Waals surface area contributed by atoms with E-state index in [9.17, 15) is 4.79 Å². The van der Waals surface area contributed by atoms with Gasteiger partial charge in [0.05, 0.1) is 6.54 Å². The predicted molar refractivity (Wildman–Crippen MR) is 73.2 cm³/mol. The zero-order chi connectivity index (χ0) is 13.3. The lowest BCUT2D eigenvalue weighted by Gasteiger charge is -2.25. The van der Waals surface area contributed by atoms with Crippen LogP contribution in [0.1, 0.15) is 34.6 Å². The number of likely N-dealkylation sites (N-methyl/N-ethyl adjacent to an activating group) is 2. The smallest absolute Gasteiger partial charge is 0.236 e. The Morgan fingerprint density at radius 2 is 1.59 bits per heavy atom. The van der Waals surface area contributed by atoms with Crippen molar-refractivity contribution < 1.29 is 4.79 Å². The van der Waals surface area contributed by atoms with E-state index in [2.05, 4.69) is 31.0 Å². The van der Waals surface area contributed by atoms with Gasteiger partial charge in [-0.1, -0.05) is 13.8 Å². The van der Waals surface area contributed by atoms with E-state index in [-0.39, 0.29) is 5.91 Å². The van der Waals surface area contributed by atoms with Gasteiger partial charge < -0.3 is 15.1 Å². The number of nitrogens with one attached hydrogen (secondary N) is 1. The van der Waals surface area contributed by atoms with Crippen LogP contribution >= 0.6 is 0 Å². The minimum Gasteiger partial charge on any atom is -0.342 e. The van der Waals surface area contributed by atoms with Gasteiger partial charge >= 0.3 is 0 Å². The van der Waals surface area contributed by atoms with Crippen molar-refractivity contribution in [3.05, 3.63) is 0 Å². The van der Waals surface area contributed by atoms with Gasteiger partial charge in [-0.25, -0.2) is 0 Å². The Kier molecular flexibility index (Phi) is 9.09. The van der Waals surface area contributed by atoms with Gasteiger partial charge in [0.25, 0.3) is 0 Å². The lowest BCUT2D eigenvalue weighted by molar-refractivity contribution is -0.130. The van der Waals surface area contributed by atoms with Gasteiger partial charge in [0.2, 0.25) is 5.91 Å². The summed E-state index contributed by atoms with van der Waals surface area (Å²) in [5.41, 5.74) is 0. The Morgan fingerprint density at radius 3 is 2.00 bits per heavy atom. The molecule has 0 aromatic heterocycles. The van der Waals surface area contributed by atoms with Crippen molar-refractivity contribution in [1.29, 1.82) is 0 Å². The Labute approximate surface area is 106 Å². The molecule has 0 aliphatic carbocycles. The summed E-state index contributed by atoms with van der Waals surface area (Å²) in [5.74, 6) is 0.196. The average Bonchev–Trinajstić information content (AvgIpc) is 2.34. The van der Waals surface area contributed by atoms with E-state index in [1.54, 1.807) is 0 Å². The van der Waals surface area contributed by atoms with Crippen molar-refractivity contribution in [3.8, 4) is 0 Å². The van der Waals surface area contributed by atoms with E-state index >= 15 is 0 Å². The fraction of sp³-hybridized carbons (Fsp3) is 0.923. The quantitative estimate of drug-likeness (QED) is 0.660. The summed E-state index contributed by atoms with van der Waals surface area (Å²) in [4.78, 5) is 16.0. The van der Waals surface area contributed by atoms with E-state index in [4.69, 9.17) is 0 Å². The highest BCUT2D eigenvalue weighted by Crippen LogP contribution is 1.93. The Balaban J connectivity index is 3.90. The molecule has 0 radical (unpaired) electrons. The number of carbonyl (C=O) groups is 1. The molecule has 0 bridgehead atoms. The molecule has 1 N–H and O–H groups in total. The molecule has 1 unspecified atom stereocenters. The van der Waals surface area contributed by atoms with E-state index in [1.165, 1.54) is 0 Å². The molecular weight excluding hydrogens is 214 g/mol. The average molecular weight is 243 g/mol. The first-order valence-electron chi connectivity index (χ1n) is 6.82. The number of rotatable bonds is 9. The first kappa shape index (κ1) is 16.4. The molecule has 0 aliphatic rings. The third-order valence-corrected chi connectivity index (χ3v) is 3.14. The second kappa shape index (κ2) is 9.42. The number of amides is 1. The topological polar surface area (TPSA) is 35.6 Å². The zero-order valence-corrected chi connectivity index (χ0v) is 12.1. The van der Waals surface area contributed by atoms with Gasteiger partial charge in [-0.15, -0.1) is 0 Å². The summed E-state index contributed by atoms with van der Waals surface area (Å²) in [7, 11) is 0. The van der Waals surface area contributed by atoms with E-state index in [0.717, 1.165) is 32.7 Å². The van der Waals surface area contributed by atoms with Gasteiger partial charge in [0, 0.05) is 25.7 Å². The molecule has 0 saturated carbocycles. The van der Waals surface area contributed by atoms with E-state index in [1.807, 2.05) is 18.7 Å². The molecule has 1 atom stereocenters. The maximum atomic E-state index is 11.8. The third-order valence-electron chi connectivity index (χ3n) is 3.14. The van der Waals surface area contributed by atoms with Crippen molar-refractivity contribution in [1.82, 2.24) is 15.1 Å². The van der Waals surface area contributed by atoms with Crippen LogP contribution in [-0.2, 0) is 4.79 Å². The number of nitrogens with zero attached hydrogens (tertiary/aromatic N) is 2. The fourth-order valence-electron chi connectivity index (χ4n) is 1.88. The Bertz CT molecular complexity index is 201. The lowest BCUT2D eigenvalue weighted by atomic mass is 10.3. The molecule has 17 heavy (non-hydrogen) atoms. The van der Waals surface area contributed by atoms with Crippen LogP contribution in [0.25, 0.3) is 0 Å². The number of carbonyl (C=O) groups excluding carboxylic acids is 1. The van der Waals surface area contributed by atoms with Crippen LogP contribution in [0.15, 0.2) is 0 Å².